The summed E-state index contributed by atoms with van der Waals surface area (Å²) in [6.07, 6.45) is -4.08. The second kappa shape index (κ2) is 12.7. The van der Waals surface area contributed by atoms with E-state index in [-0.39, 0.29) is 12.4 Å². The number of benzene rings is 1. The van der Waals surface area contributed by atoms with E-state index < -0.39 is 54.6 Å². The van der Waals surface area contributed by atoms with Crippen molar-refractivity contribution in [2.75, 3.05) is 13.7 Å². The molecule has 11 nitrogen and oxygen atoms in total. The Balaban J connectivity index is 2.50. The number of esters is 4. The molecular weight excluding hydrogens is 464 g/mol. The van der Waals surface area contributed by atoms with Crippen molar-refractivity contribution in [1.82, 2.24) is 0 Å². The third kappa shape index (κ3) is 7.99. The zero-order chi connectivity index (χ0) is 26.1. The Bertz CT molecular complexity index is 941. The first kappa shape index (κ1) is 27.6. The number of hydrogen-bond acceptors (Lipinski definition) is 11. The van der Waals surface area contributed by atoms with E-state index in [1.807, 2.05) is 0 Å². The van der Waals surface area contributed by atoms with Crippen LogP contribution in [0.25, 0.3) is 0 Å². The third-order valence-corrected chi connectivity index (χ3v) is 4.80. The number of methoxy groups -OCH3 is 1. The summed E-state index contributed by atoms with van der Waals surface area (Å²) in [6, 6.07) is 5.15. The molecule has 0 N–H and O–H groups in total. The first-order valence-corrected chi connectivity index (χ1v) is 10.8. The van der Waals surface area contributed by atoms with E-state index in [4.69, 9.17) is 33.2 Å². The summed E-state index contributed by atoms with van der Waals surface area (Å²) in [5.41, 5.74) is 0.908. The zero-order valence-electron chi connectivity index (χ0n) is 20.3. The molecule has 0 saturated carbocycles. The van der Waals surface area contributed by atoms with E-state index >= 15 is 0 Å². The van der Waals surface area contributed by atoms with E-state index in [0.717, 1.165) is 26.3 Å². The number of allylic oxidation sites excluding steroid dienone is 1. The molecule has 0 amide bonds. The molecule has 0 radical (unpaired) electrons. The molecule has 2 rings (SSSR count). The van der Waals surface area contributed by atoms with Crippen molar-refractivity contribution in [3.05, 3.63) is 36.4 Å². The molecule has 0 aromatic heterocycles. The maximum Gasteiger partial charge on any atom is 0.303 e. The fourth-order valence-electron chi connectivity index (χ4n) is 3.51. The molecule has 35 heavy (non-hydrogen) atoms. The van der Waals surface area contributed by atoms with Crippen LogP contribution in [0.1, 0.15) is 33.3 Å². The van der Waals surface area contributed by atoms with Gasteiger partial charge in [0, 0.05) is 27.7 Å². The maximum absolute atomic E-state index is 11.9. The first-order valence-electron chi connectivity index (χ1n) is 10.8. The van der Waals surface area contributed by atoms with Crippen molar-refractivity contribution in [2.45, 2.75) is 64.8 Å². The highest BCUT2D eigenvalue weighted by molar-refractivity contribution is 5.68. The van der Waals surface area contributed by atoms with Gasteiger partial charge in [-0.25, -0.2) is 0 Å². The molecular formula is C24H30O11. The van der Waals surface area contributed by atoms with Gasteiger partial charge in [-0.2, -0.15) is 0 Å². The predicted octanol–water partition coefficient (Wildman–Crippen LogP) is 1.89. The Morgan fingerprint density at radius 3 is 2.03 bits per heavy atom. The van der Waals surface area contributed by atoms with Crippen molar-refractivity contribution < 1.29 is 52.3 Å². The lowest BCUT2D eigenvalue weighted by molar-refractivity contribution is -0.288. The standard InChI is InChI=1S/C24H30O11/c1-7-8-17-9-10-18(19(11-17)29-6)34-24-23(33-16(5)28)22(32-15(4)27)21(31-14(3)26)20(35-24)12-30-13(2)25/h7,9-11,20-24H,1,8,12H2,2-6H3/t20-,21+,22+,23-,24-/m1/s1. The highest BCUT2D eigenvalue weighted by Gasteiger charge is 2.53. The summed E-state index contributed by atoms with van der Waals surface area (Å²) < 4.78 is 38.5. The predicted molar refractivity (Wildman–Crippen MR) is 119 cm³/mol. The van der Waals surface area contributed by atoms with Crippen LogP contribution in [0.15, 0.2) is 30.9 Å². The minimum atomic E-state index is -1.35. The van der Waals surface area contributed by atoms with Crippen LogP contribution in [0.2, 0.25) is 0 Å². The lowest BCUT2D eigenvalue weighted by atomic mass is 9.98. The van der Waals surface area contributed by atoms with Crippen molar-refractivity contribution in [2.24, 2.45) is 0 Å². The average molecular weight is 494 g/mol. The SMILES string of the molecule is C=CCc1ccc(O[C@@H]2O[C@H](COC(C)=O)[C@H](OC(C)=O)[C@H](OC(C)=O)[C@H]2OC(C)=O)c(OC)c1. The summed E-state index contributed by atoms with van der Waals surface area (Å²) in [7, 11) is 1.45. The topological polar surface area (TPSA) is 133 Å². The molecule has 1 heterocycles. The highest BCUT2D eigenvalue weighted by Crippen LogP contribution is 2.35. The highest BCUT2D eigenvalue weighted by atomic mass is 16.7. The number of ether oxygens (including phenoxy) is 7. The second-order valence-corrected chi connectivity index (χ2v) is 7.66. The summed E-state index contributed by atoms with van der Waals surface area (Å²) in [5.74, 6) is -2.19. The molecule has 1 aromatic carbocycles. The van der Waals surface area contributed by atoms with Gasteiger partial charge in [-0.1, -0.05) is 12.1 Å². The lowest BCUT2D eigenvalue weighted by Crippen LogP contribution is -2.63. The van der Waals surface area contributed by atoms with Crippen LogP contribution < -0.4 is 9.47 Å². The average Bonchev–Trinajstić information content (AvgIpc) is 2.76. The largest absolute Gasteiger partial charge is 0.493 e. The van der Waals surface area contributed by atoms with Gasteiger partial charge in [0.1, 0.15) is 12.7 Å². The van der Waals surface area contributed by atoms with Gasteiger partial charge in [-0.3, -0.25) is 19.2 Å². The normalized spacial score (nSPS) is 23.4. The van der Waals surface area contributed by atoms with Gasteiger partial charge in [0.05, 0.1) is 7.11 Å². The van der Waals surface area contributed by atoms with E-state index in [1.54, 1.807) is 24.3 Å². The zero-order valence-corrected chi connectivity index (χ0v) is 20.3. The van der Waals surface area contributed by atoms with Crippen molar-refractivity contribution >= 4 is 23.9 Å². The minimum absolute atomic E-state index is 0.237. The Hall–Kier alpha value is -3.60. The van der Waals surface area contributed by atoms with Gasteiger partial charge < -0.3 is 33.2 Å². The Morgan fingerprint density at radius 2 is 1.49 bits per heavy atom. The number of hydrogen-bond donors (Lipinski definition) is 0. The van der Waals surface area contributed by atoms with Crippen LogP contribution in [0.3, 0.4) is 0 Å². The molecule has 11 heteroatoms. The fourth-order valence-corrected chi connectivity index (χ4v) is 3.51. The Morgan fingerprint density at radius 1 is 0.886 bits per heavy atom. The first-order chi connectivity index (χ1) is 16.5. The quantitative estimate of drug-likeness (QED) is 0.268. The van der Waals surface area contributed by atoms with Crippen molar-refractivity contribution in [1.29, 1.82) is 0 Å². The Labute approximate surface area is 203 Å². The number of carbonyl (C=O) groups excluding carboxylic acids is 4. The van der Waals surface area contributed by atoms with Crippen LogP contribution in [-0.4, -0.2) is 68.3 Å². The van der Waals surface area contributed by atoms with Gasteiger partial charge in [0.2, 0.25) is 12.4 Å². The molecule has 0 spiro atoms. The fraction of sp³-hybridized carbons (Fsp3) is 0.500. The van der Waals surface area contributed by atoms with Crippen LogP contribution in [0, 0.1) is 0 Å². The van der Waals surface area contributed by atoms with Crippen LogP contribution in [0.4, 0.5) is 0 Å². The van der Waals surface area contributed by atoms with Gasteiger partial charge in [0.15, 0.2) is 23.7 Å². The van der Waals surface area contributed by atoms with Gasteiger partial charge >= 0.3 is 23.9 Å². The van der Waals surface area contributed by atoms with Crippen LogP contribution in [0.5, 0.6) is 11.5 Å². The molecule has 1 aliphatic heterocycles. The molecule has 1 aromatic rings. The van der Waals surface area contributed by atoms with Crippen molar-refractivity contribution in [3.63, 3.8) is 0 Å². The van der Waals surface area contributed by atoms with Gasteiger partial charge in [0.25, 0.3) is 0 Å². The van der Waals surface area contributed by atoms with Crippen LogP contribution >= 0.6 is 0 Å². The second-order valence-electron chi connectivity index (χ2n) is 7.66. The molecule has 1 saturated heterocycles. The molecule has 1 aliphatic rings. The smallest absolute Gasteiger partial charge is 0.303 e. The summed E-state index contributed by atoms with van der Waals surface area (Å²) >= 11 is 0. The molecule has 192 valence electrons. The van der Waals surface area contributed by atoms with Crippen LogP contribution in [-0.2, 0) is 49.3 Å². The lowest BCUT2D eigenvalue weighted by Gasteiger charge is -2.44. The summed E-state index contributed by atoms with van der Waals surface area (Å²) in [5, 5.41) is 0. The van der Waals surface area contributed by atoms with Gasteiger partial charge in [-0.15, -0.1) is 6.58 Å². The molecule has 1 fully saturated rings. The monoisotopic (exact) mass is 494 g/mol. The Kier molecular flexibility index (Phi) is 10.1. The van der Waals surface area contributed by atoms with Gasteiger partial charge in [-0.05, 0) is 24.1 Å². The molecule has 0 unspecified atom stereocenters. The summed E-state index contributed by atoms with van der Waals surface area (Å²) in [4.78, 5) is 47.1. The van der Waals surface area contributed by atoms with E-state index in [1.165, 1.54) is 14.0 Å². The number of carbonyl (C=O) groups is 4. The van der Waals surface area contributed by atoms with E-state index in [0.29, 0.717) is 12.2 Å². The molecule has 5 atom stereocenters. The number of rotatable bonds is 10. The maximum atomic E-state index is 11.9. The minimum Gasteiger partial charge on any atom is -0.493 e. The van der Waals surface area contributed by atoms with E-state index in [2.05, 4.69) is 6.58 Å². The molecule has 0 bridgehead atoms. The van der Waals surface area contributed by atoms with E-state index in [9.17, 15) is 19.2 Å². The van der Waals surface area contributed by atoms with Crippen molar-refractivity contribution in [3.8, 4) is 11.5 Å². The summed E-state index contributed by atoms with van der Waals surface area (Å²) in [6.45, 7) is 7.99. The molecule has 0 aliphatic carbocycles. The third-order valence-electron chi connectivity index (χ3n) is 4.80.